The molecule has 7 N–H and O–H groups in total. The summed E-state index contributed by atoms with van der Waals surface area (Å²) in [6.07, 6.45) is -10.2. The molecule has 0 aliphatic carbocycles. The fourth-order valence-corrected chi connectivity index (χ4v) is 2.68. The van der Waals surface area contributed by atoms with Crippen LogP contribution < -0.4 is 4.74 Å². The highest BCUT2D eigenvalue weighted by atomic mass is 16.7. The van der Waals surface area contributed by atoms with Gasteiger partial charge in [0.05, 0.1) is 20.3 Å². The van der Waals surface area contributed by atoms with Gasteiger partial charge in [-0.1, -0.05) is 6.07 Å². The first kappa shape index (κ1) is 20.8. The molecule has 1 saturated heterocycles. The van der Waals surface area contributed by atoms with Crippen LogP contribution in [0.15, 0.2) is 18.2 Å². The molecule has 10 heteroatoms. The number of phenolic OH excluding ortho intramolecular Hbond substituents is 1. The largest absolute Gasteiger partial charge is 0.504 e. The lowest BCUT2D eigenvalue weighted by atomic mass is 9.98. The van der Waals surface area contributed by atoms with E-state index in [0.29, 0.717) is 0 Å². The minimum absolute atomic E-state index is 0.0926. The average Bonchev–Trinajstić information content (AvgIpc) is 2.65. The Balaban J connectivity index is 2.28. The highest BCUT2D eigenvalue weighted by Gasteiger charge is 2.45. The Morgan fingerprint density at radius 3 is 2.38 bits per heavy atom. The second-order valence-electron chi connectivity index (χ2n) is 5.94. The first-order chi connectivity index (χ1) is 12.3. The van der Waals surface area contributed by atoms with Gasteiger partial charge < -0.3 is 50.0 Å². The van der Waals surface area contributed by atoms with Crippen LogP contribution in [-0.2, 0) is 9.47 Å². The molecule has 1 heterocycles. The summed E-state index contributed by atoms with van der Waals surface area (Å²) in [4.78, 5) is 0. The summed E-state index contributed by atoms with van der Waals surface area (Å²) in [6, 6.07) is 4.07. The van der Waals surface area contributed by atoms with Gasteiger partial charge in [-0.3, -0.25) is 0 Å². The SMILES string of the molecule is COc1cc([C@H](O[C@@H]2O[C@H](CO)[C@@H](O)[C@H](O)[C@H]2O)[C@H](O)CO)ccc1O. The van der Waals surface area contributed by atoms with Crippen LogP contribution in [0, 0.1) is 0 Å². The van der Waals surface area contributed by atoms with E-state index >= 15 is 0 Å². The highest BCUT2D eigenvalue weighted by molar-refractivity contribution is 5.42. The minimum atomic E-state index is -1.67. The molecule has 0 unspecified atom stereocenters. The summed E-state index contributed by atoms with van der Waals surface area (Å²) in [5.74, 6) is -0.0589. The van der Waals surface area contributed by atoms with Gasteiger partial charge in [-0.05, 0) is 17.7 Å². The molecule has 1 aromatic carbocycles. The third-order valence-corrected chi connectivity index (χ3v) is 4.20. The van der Waals surface area contributed by atoms with E-state index < -0.39 is 56.1 Å². The van der Waals surface area contributed by atoms with Crippen molar-refractivity contribution < 1.29 is 50.0 Å². The molecular weight excluding hydrogens is 352 g/mol. The molecule has 1 fully saturated rings. The quantitative estimate of drug-likeness (QED) is 0.272. The van der Waals surface area contributed by atoms with Gasteiger partial charge in [0.15, 0.2) is 17.8 Å². The number of benzene rings is 1. The molecule has 148 valence electrons. The van der Waals surface area contributed by atoms with Crippen LogP contribution in [0.25, 0.3) is 0 Å². The summed E-state index contributed by atoms with van der Waals surface area (Å²) in [7, 11) is 1.33. The van der Waals surface area contributed by atoms with E-state index in [-0.39, 0.29) is 17.1 Å². The van der Waals surface area contributed by atoms with Crippen molar-refractivity contribution in [3.63, 3.8) is 0 Å². The molecule has 0 aromatic heterocycles. The van der Waals surface area contributed by atoms with E-state index in [9.17, 15) is 35.7 Å². The number of methoxy groups -OCH3 is 1. The van der Waals surface area contributed by atoms with E-state index in [1.54, 1.807) is 0 Å². The first-order valence-corrected chi connectivity index (χ1v) is 7.95. The van der Waals surface area contributed by atoms with Crippen molar-refractivity contribution in [2.24, 2.45) is 0 Å². The molecule has 10 nitrogen and oxygen atoms in total. The van der Waals surface area contributed by atoms with Crippen LogP contribution in [0.1, 0.15) is 11.7 Å². The lowest BCUT2D eigenvalue weighted by Gasteiger charge is -2.41. The fourth-order valence-electron chi connectivity index (χ4n) is 2.68. The molecule has 26 heavy (non-hydrogen) atoms. The zero-order chi connectivity index (χ0) is 19.4. The number of rotatable bonds is 7. The van der Waals surface area contributed by atoms with Gasteiger partial charge in [0.1, 0.15) is 36.6 Å². The number of phenols is 1. The van der Waals surface area contributed by atoms with Crippen LogP contribution in [0.4, 0.5) is 0 Å². The summed E-state index contributed by atoms with van der Waals surface area (Å²) in [5, 5.41) is 68.0. The van der Waals surface area contributed by atoms with Gasteiger partial charge in [0.2, 0.25) is 0 Å². The molecule has 2 rings (SSSR count). The lowest BCUT2D eigenvalue weighted by molar-refractivity contribution is -0.319. The second-order valence-corrected chi connectivity index (χ2v) is 5.94. The van der Waals surface area contributed by atoms with Crippen molar-refractivity contribution >= 4 is 0 Å². The van der Waals surface area contributed by atoms with Gasteiger partial charge in [-0.25, -0.2) is 0 Å². The monoisotopic (exact) mass is 376 g/mol. The number of hydrogen-bond donors (Lipinski definition) is 7. The van der Waals surface area contributed by atoms with E-state index in [1.165, 1.54) is 25.3 Å². The number of aliphatic hydroxyl groups is 6. The molecule has 0 amide bonds. The van der Waals surface area contributed by atoms with Crippen LogP contribution >= 0.6 is 0 Å². The Bertz CT molecular complexity index is 580. The van der Waals surface area contributed by atoms with E-state index in [4.69, 9.17) is 14.2 Å². The average molecular weight is 376 g/mol. The molecule has 1 aliphatic rings. The first-order valence-electron chi connectivity index (χ1n) is 7.95. The van der Waals surface area contributed by atoms with Gasteiger partial charge in [0, 0.05) is 0 Å². The van der Waals surface area contributed by atoms with Crippen molar-refractivity contribution in [2.75, 3.05) is 20.3 Å². The van der Waals surface area contributed by atoms with Crippen LogP contribution in [-0.4, -0.2) is 92.9 Å². The van der Waals surface area contributed by atoms with Crippen LogP contribution in [0.2, 0.25) is 0 Å². The number of aromatic hydroxyl groups is 1. The zero-order valence-corrected chi connectivity index (χ0v) is 14.0. The number of aliphatic hydroxyl groups excluding tert-OH is 6. The Hall–Kier alpha value is -1.50. The summed E-state index contributed by atoms with van der Waals surface area (Å²) in [6.45, 7) is -1.32. The predicted octanol–water partition coefficient (Wildman–Crippen LogP) is -2.39. The van der Waals surface area contributed by atoms with Crippen molar-refractivity contribution in [3.8, 4) is 11.5 Å². The van der Waals surface area contributed by atoms with E-state index in [2.05, 4.69) is 0 Å². The minimum Gasteiger partial charge on any atom is -0.504 e. The van der Waals surface area contributed by atoms with Crippen molar-refractivity contribution in [3.05, 3.63) is 23.8 Å². The molecule has 1 aromatic rings. The zero-order valence-electron chi connectivity index (χ0n) is 14.0. The maximum absolute atomic E-state index is 10.1. The van der Waals surface area contributed by atoms with E-state index in [0.717, 1.165) is 0 Å². The van der Waals surface area contributed by atoms with Crippen molar-refractivity contribution in [1.82, 2.24) is 0 Å². The maximum Gasteiger partial charge on any atom is 0.187 e. The van der Waals surface area contributed by atoms with Crippen LogP contribution in [0.3, 0.4) is 0 Å². The molecular formula is C16H24O10. The maximum atomic E-state index is 10.1. The van der Waals surface area contributed by atoms with Crippen LogP contribution in [0.5, 0.6) is 11.5 Å². The predicted molar refractivity (Wildman–Crippen MR) is 85.3 cm³/mol. The Morgan fingerprint density at radius 1 is 1.12 bits per heavy atom. The normalized spacial score (nSPS) is 31.4. The number of hydrogen-bond acceptors (Lipinski definition) is 10. The molecule has 7 atom stereocenters. The Labute approximate surface area is 149 Å². The molecule has 0 bridgehead atoms. The Morgan fingerprint density at radius 2 is 1.81 bits per heavy atom. The second kappa shape index (κ2) is 8.93. The van der Waals surface area contributed by atoms with Gasteiger partial charge in [-0.2, -0.15) is 0 Å². The third-order valence-electron chi connectivity index (χ3n) is 4.20. The molecule has 0 spiro atoms. The summed E-state index contributed by atoms with van der Waals surface area (Å²) < 4.78 is 15.8. The van der Waals surface area contributed by atoms with Gasteiger partial charge in [-0.15, -0.1) is 0 Å². The van der Waals surface area contributed by atoms with Crippen molar-refractivity contribution in [2.45, 2.75) is 42.9 Å². The standard InChI is InChI=1S/C16H24O10/c1-24-10-4-7(2-3-8(10)19)15(9(20)5-17)26-16-14(23)13(22)12(21)11(6-18)25-16/h2-4,9,11-23H,5-6H2,1H3/t9-,11-,12-,13+,14-,15+,16+/m1/s1. The van der Waals surface area contributed by atoms with Crippen molar-refractivity contribution in [1.29, 1.82) is 0 Å². The highest BCUT2D eigenvalue weighted by Crippen LogP contribution is 2.34. The fraction of sp³-hybridized carbons (Fsp3) is 0.625. The van der Waals surface area contributed by atoms with E-state index in [1.807, 2.05) is 0 Å². The van der Waals surface area contributed by atoms with Gasteiger partial charge >= 0.3 is 0 Å². The third kappa shape index (κ3) is 4.24. The topological polar surface area (TPSA) is 169 Å². The smallest absolute Gasteiger partial charge is 0.187 e. The molecule has 1 aliphatic heterocycles. The molecule has 0 saturated carbocycles. The summed E-state index contributed by atoms with van der Waals surface area (Å²) >= 11 is 0. The Kier molecular flexibility index (Phi) is 7.15. The summed E-state index contributed by atoms with van der Waals surface area (Å²) in [5.41, 5.74) is 0.290. The lowest BCUT2D eigenvalue weighted by Crippen LogP contribution is -2.59. The number of ether oxygens (including phenoxy) is 3. The molecule has 0 radical (unpaired) electrons. The van der Waals surface area contributed by atoms with Gasteiger partial charge in [0.25, 0.3) is 0 Å².